The molecule has 0 aromatic rings. The van der Waals surface area contributed by atoms with E-state index in [0.29, 0.717) is 6.61 Å². The minimum absolute atomic E-state index is 0.155. The Morgan fingerprint density at radius 3 is 2.38 bits per heavy atom. The third-order valence-corrected chi connectivity index (χ3v) is 4.75. The predicted octanol–water partition coefficient (Wildman–Crippen LogP) is 3.71. The summed E-state index contributed by atoms with van der Waals surface area (Å²) in [5.41, 5.74) is 1.22. The van der Waals surface area contributed by atoms with Crippen molar-refractivity contribution in [2.24, 2.45) is 11.3 Å². The maximum atomic E-state index is 9.12. The highest BCUT2D eigenvalue weighted by atomic mass is 16.3. The Bertz CT molecular complexity index is 347. The van der Waals surface area contributed by atoms with Gasteiger partial charge in [0.25, 0.3) is 0 Å². The number of rotatable bonds is 9. The Kier molecular flexibility index (Phi) is 13.2. The fraction of sp³-hybridized carbons (Fsp3) is 0.850. The lowest BCUT2D eigenvalue weighted by molar-refractivity contribution is 0.119. The average Bonchev–Trinajstić information content (AvgIpc) is 2.59. The van der Waals surface area contributed by atoms with E-state index in [1.54, 1.807) is 0 Å². The second-order valence-electron chi connectivity index (χ2n) is 7.88. The molecule has 0 aromatic carbocycles. The van der Waals surface area contributed by atoms with Gasteiger partial charge in [-0.15, -0.1) is 0 Å². The standard InChI is InChI=1S/C11H22O.C9H19N3/c1-11(2,9-12)8-10-6-4-3-5-7-10;1-4-9(7-10)8-12(3)6-5-11-2/h10,12H,3-9H2,1-2H3;4,7,10-11H,5-6,8H2,1-3H3/b;9-4+,10-7?. The molecule has 0 unspecified atom stereocenters. The first-order chi connectivity index (χ1) is 11.4. The summed E-state index contributed by atoms with van der Waals surface area (Å²) in [6.07, 6.45) is 11.6. The van der Waals surface area contributed by atoms with Gasteiger partial charge in [0.1, 0.15) is 0 Å². The van der Waals surface area contributed by atoms with Crippen LogP contribution < -0.4 is 5.32 Å². The van der Waals surface area contributed by atoms with Gasteiger partial charge in [-0.05, 0) is 44.3 Å². The second-order valence-corrected chi connectivity index (χ2v) is 7.88. The van der Waals surface area contributed by atoms with Crippen LogP contribution in [0.2, 0.25) is 0 Å². The molecule has 1 rings (SSSR count). The quantitative estimate of drug-likeness (QED) is 0.561. The summed E-state index contributed by atoms with van der Waals surface area (Å²) in [6, 6.07) is 0. The fourth-order valence-electron chi connectivity index (χ4n) is 3.15. The van der Waals surface area contributed by atoms with Crippen LogP contribution in [0.3, 0.4) is 0 Å². The number of aliphatic hydroxyl groups is 1. The Labute approximate surface area is 150 Å². The Hall–Kier alpha value is -0.710. The van der Waals surface area contributed by atoms with Crippen LogP contribution in [0.15, 0.2) is 11.6 Å². The third-order valence-electron chi connectivity index (χ3n) is 4.75. The molecule has 0 saturated heterocycles. The van der Waals surface area contributed by atoms with Crippen molar-refractivity contribution in [3.63, 3.8) is 0 Å². The molecule has 1 aliphatic carbocycles. The zero-order valence-electron chi connectivity index (χ0n) is 16.7. The van der Waals surface area contributed by atoms with Crippen LogP contribution in [0.25, 0.3) is 0 Å². The molecule has 0 heterocycles. The number of nitrogens with zero attached hydrogens (tertiary/aromatic N) is 1. The summed E-state index contributed by atoms with van der Waals surface area (Å²) in [4.78, 5) is 2.19. The van der Waals surface area contributed by atoms with E-state index in [4.69, 9.17) is 10.5 Å². The van der Waals surface area contributed by atoms with Gasteiger partial charge in [0.15, 0.2) is 0 Å². The van der Waals surface area contributed by atoms with Crippen molar-refractivity contribution >= 4 is 6.21 Å². The van der Waals surface area contributed by atoms with Crippen molar-refractivity contribution in [1.29, 1.82) is 5.41 Å². The first-order valence-corrected chi connectivity index (χ1v) is 9.48. The number of hydrogen-bond donors (Lipinski definition) is 3. The molecule has 24 heavy (non-hydrogen) atoms. The number of likely N-dealkylation sites (N-methyl/N-ethyl adjacent to an activating group) is 2. The molecule has 142 valence electrons. The fourth-order valence-corrected chi connectivity index (χ4v) is 3.15. The van der Waals surface area contributed by atoms with Gasteiger partial charge in [-0.1, -0.05) is 52.0 Å². The highest BCUT2D eigenvalue weighted by Gasteiger charge is 2.23. The van der Waals surface area contributed by atoms with E-state index in [1.165, 1.54) is 44.7 Å². The maximum Gasteiger partial charge on any atom is 0.0482 e. The third kappa shape index (κ3) is 11.8. The van der Waals surface area contributed by atoms with E-state index in [0.717, 1.165) is 31.1 Å². The maximum absolute atomic E-state index is 9.12. The Morgan fingerprint density at radius 1 is 1.29 bits per heavy atom. The highest BCUT2D eigenvalue weighted by molar-refractivity contribution is 5.75. The molecule has 0 atom stereocenters. The number of aliphatic hydroxyl groups excluding tert-OH is 1. The van der Waals surface area contributed by atoms with Crippen LogP contribution in [0.5, 0.6) is 0 Å². The van der Waals surface area contributed by atoms with Crippen molar-refractivity contribution in [3.05, 3.63) is 11.6 Å². The lowest BCUT2D eigenvalue weighted by Gasteiger charge is -2.30. The molecule has 4 heteroatoms. The van der Waals surface area contributed by atoms with Gasteiger partial charge < -0.3 is 20.7 Å². The van der Waals surface area contributed by atoms with Gasteiger partial charge in [0.05, 0.1) is 0 Å². The number of nitrogens with one attached hydrogen (secondary N) is 2. The summed E-state index contributed by atoms with van der Waals surface area (Å²) in [5.74, 6) is 0.890. The zero-order valence-corrected chi connectivity index (χ0v) is 16.7. The molecule has 1 fully saturated rings. The van der Waals surface area contributed by atoms with Gasteiger partial charge in [-0.25, -0.2) is 0 Å². The summed E-state index contributed by atoms with van der Waals surface area (Å²) in [7, 11) is 4.01. The zero-order chi connectivity index (χ0) is 18.4. The molecule has 0 aromatic heterocycles. The summed E-state index contributed by atoms with van der Waals surface area (Å²) < 4.78 is 0. The lowest BCUT2D eigenvalue weighted by Crippen LogP contribution is -2.29. The first kappa shape index (κ1) is 23.3. The highest BCUT2D eigenvalue weighted by Crippen LogP contribution is 2.33. The van der Waals surface area contributed by atoms with E-state index in [-0.39, 0.29) is 5.41 Å². The van der Waals surface area contributed by atoms with Gasteiger partial charge in [0.2, 0.25) is 0 Å². The molecule has 4 nitrogen and oxygen atoms in total. The van der Waals surface area contributed by atoms with Crippen molar-refractivity contribution < 1.29 is 5.11 Å². The van der Waals surface area contributed by atoms with E-state index in [9.17, 15) is 0 Å². The Balaban J connectivity index is 0.000000441. The smallest absolute Gasteiger partial charge is 0.0482 e. The molecule has 0 bridgehead atoms. The van der Waals surface area contributed by atoms with Crippen LogP contribution in [-0.2, 0) is 0 Å². The van der Waals surface area contributed by atoms with E-state index >= 15 is 0 Å². The van der Waals surface area contributed by atoms with E-state index < -0.39 is 0 Å². The summed E-state index contributed by atoms with van der Waals surface area (Å²) >= 11 is 0. The first-order valence-electron chi connectivity index (χ1n) is 9.48. The largest absolute Gasteiger partial charge is 0.396 e. The molecule has 1 aliphatic rings. The molecule has 0 amide bonds. The second kappa shape index (κ2) is 13.6. The number of hydrogen-bond acceptors (Lipinski definition) is 4. The molecule has 1 saturated carbocycles. The predicted molar refractivity (Wildman–Crippen MR) is 106 cm³/mol. The van der Waals surface area contributed by atoms with Gasteiger partial charge in [-0.3, -0.25) is 0 Å². The van der Waals surface area contributed by atoms with E-state index in [2.05, 4.69) is 31.1 Å². The molecular formula is C20H41N3O. The van der Waals surface area contributed by atoms with Crippen LogP contribution in [0, 0.1) is 16.7 Å². The monoisotopic (exact) mass is 339 g/mol. The molecule has 0 aliphatic heterocycles. The lowest BCUT2D eigenvalue weighted by atomic mass is 9.77. The normalized spacial score (nSPS) is 16.7. The van der Waals surface area contributed by atoms with Gasteiger partial charge in [0, 0.05) is 32.5 Å². The molecule has 0 spiro atoms. The van der Waals surface area contributed by atoms with Crippen molar-refractivity contribution in [2.45, 2.75) is 59.3 Å². The SMILES string of the molecule is C/C=C(\C=N)CN(C)CCNC.CC(C)(CO)CC1CCCCC1. The number of allylic oxidation sites excluding steroid dienone is 1. The van der Waals surface area contributed by atoms with Crippen LogP contribution in [0.1, 0.15) is 59.3 Å². The van der Waals surface area contributed by atoms with Crippen LogP contribution in [-0.4, -0.2) is 56.6 Å². The van der Waals surface area contributed by atoms with E-state index in [1.807, 2.05) is 20.0 Å². The molecule has 0 radical (unpaired) electrons. The molecule has 3 N–H and O–H groups in total. The molecular weight excluding hydrogens is 298 g/mol. The van der Waals surface area contributed by atoms with Crippen molar-refractivity contribution in [1.82, 2.24) is 10.2 Å². The van der Waals surface area contributed by atoms with Crippen LogP contribution in [0.4, 0.5) is 0 Å². The minimum Gasteiger partial charge on any atom is -0.396 e. The van der Waals surface area contributed by atoms with Crippen molar-refractivity contribution in [2.75, 3.05) is 40.3 Å². The van der Waals surface area contributed by atoms with Crippen molar-refractivity contribution in [3.8, 4) is 0 Å². The topological polar surface area (TPSA) is 59.4 Å². The van der Waals surface area contributed by atoms with Gasteiger partial charge >= 0.3 is 0 Å². The summed E-state index contributed by atoms with van der Waals surface area (Å²) in [6.45, 7) is 9.51. The summed E-state index contributed by atoms with van der Waals surface area (Å²) in [5, 5.41) is 19.3. The van der Waals surface area contributed by atoms with Crippen LogP contribution >= 0.6 is 0 Å². The average molecular weight is 340 g/mol. The van der Waals surface area contributed by atoms with Gasteiger partial charge in [-0.2, -0.15) is 0 Å². The Morgan fingerprint density at radius 2 is 1.92 bits per heavy atom. The minimum atomic E-state index is 0.155.